The number of rotatable bonds is 5. The zero-order chi connectivity index (χ0) is 21.4. The van der Waals surface area contributed by atoms with Crippen molar-refractivity contribution in [3.8, 4) is 17.2 Å². The Morgan fingerprint density at radius 2 is 1.77 bits per heavy atom. The molecule has 1 aliphatic rings. The van der Waals surface area contributed by atoms with E-state index in [4.69, 9.17) is 21.1 Å². The molecule has 0 saturated carbocycles. The van der Waals surface area contributed by atoms with E-state index < -0.39 is 5.92 Å². The molecule has 1 N–H and O–H groups in total. The Hall–Kier alpha value is -3.32. The Morgan fingerprint density at radius 1 is 1.13 bits per heavy atom. The molecule has 0 saturated heterocycles. The van der Waals surface area contributed by atoms with Crippen molar-refractivity contribution in [1.82, 2.24) is 9.78 Å². The first-order valence-electron chi connectivity index (χ1n) is 9.35. The maximum absolute atomic E-state index is 13.6. The highest BCUT2D eigenvalue weighted by Gasteiger charge is 2.38. The molecule has 30 heavy (non-hydrogen) atoms. The molecule has 1 aliphatic heterocycles. The van der Waals surface area contributed by atoms with Gasteiger partial charge in [-0.15, -0.1) is 0 Å². The Labute approximate surface area is 178 Å². The van der Waals surface area contributed by atoms with Crippen LogP contribution in [0.25, 0.3) is 5.69 Å². The average molecular weight is 426 g/mol. The summed E-state index contributed by atoms with van der Waals surface area (Å²) in [6, 6.07) is 12.2. The lowest BCUT2D eigenvalue weighted by molar-refractivity contribution is -0.116. The van der Waals surface area contributed by atoms with Crippen molar-refractivity contribution in [2.45, 2.75) is 19.3 Å². The minimum Gasteiger partial charge on any atom is -0.496 e. The fraction of sp³-hybridized carbons (Fsp3) is 0.227. The van der Waals surface area contributed by atoms with E-state index in [1.807, 2.05) is 6.92 Å². The fourth-order valence-corrected chi connectivity index (χ4v) is 3.93. The molecule has 0 aliphatic carbocycles. The molecule has 2 heterocycles. The summed E-state index contributed by atoms with van der Waals surface area (Å²) in [5.74, 6) is 0.0616. The van der Waals surface area contributed by atoms with E-state index in [1.54, 1.807) is 47.1 Å². The molecule has 8 heteroatoms. The second kappa shape index (κ2) is 7.84. The first-order valence-corrected chi connectivity index (χ1v) is 9.73. The molecule has 0 spiro atoms. The van der Waals surface area contributed by atoms with E-state index in [-0.39, 0.29) is 18.1 Å². The number of aryl methyl sites for hydroxylation is 1. The normalized spacial score (nSPS) is 15.3. The predicted molar refractivity (Wildman–Crippen MR) is 113 cm³/mol. The summed E-state index contributed by atoms with van der Waals surface area (Å²) in [4.78, 5) is 26.2. The summed E-state index contributed by atoms with van der Waals surface area (Å²) in [5, 5.41) is 8.05. The van der Waals surface area contributed by atoms with Crippen LogP contribution in [0.5, 0.6) is 11.5 Å². The third-order valence-corrected chi connectivity index (χ3v) is 5.42. The number of ketones is 1. The predicted octanol–water partition coefficient (Wildman–Crippen LogP) is 4.16. The second-order valence-electron chi connectivity index (χ2n) is 6.94. The van der Waals surface area contributed by atoms with Gasteiger partial charge in [0.25, 0.3) is 0 Å². The number of amides is 1. The van der Waals surface area contributed by atoms with Crippen LogP contribution in [0.15, 0.2) is 42.5 Å². The number of anilines is 1. The first-order chi connectivity index (χ1) is 14.4. The Bertz CT molecular complexity index is 1120. The monoisotopic (exact) mass is 425 g/mol. The van der Waals surface area contributed by atoms with E-state index >= 15 is 0 Å². The number of halogens is 1. The highest BCUT2D eigenvalue weighted by molar-refractivity contribution is 6.30. The van der Waals surface area contributed by atoms with Gasteiger partial charge in [-0.1, -0.05) is 17.7 Å². The van der Waals surface area contributed by atoms with Crippen molar-refractivity contribution in [1.29, 1.82) is 0 Å². The molecule has 0 bridgehead atoms. The van der Waals surface area contributed by atoms with Crippen LogP contribution in [0, 0.1) is 6.92 Å². The average Bonchev–Trinajstić information content (AvgIpc) is 3.08. The summed E-state index contributed by atoms with van der Waals surface area (Å²) >= 11 is 5.99. The van der Waals surface area contributed by atoms with Crippen molar-refractivity contribution >= 4 is 29.1 Å². The number of hydrogen-bond acceptors (Lipinski definition) is 5. The van der Waals surface area contributed by atoms with Gasteiger partial charge in [0, 0.05) is 17.0 Å². The molecule has 0 unspecified atom stereocenters. The van der Waals surface area contributed by atoms with Gasteiger partial charge in [-0.25, -0.2) is 4.68 Å². The number of aromatic nitrogens is 2. The number of carbonyl (C=O) groups excluding carboxylic acids is 2. The number of benzene rings is 2. The Balaban J connectivity index is 1.85. The van der Waals surface area contributed by atoms with E-state index in [2.05, 4.69) is 10.4 Å². The number of nitrogens with one attached hydrogen (secondary N) is 1. The standard InChI is InChI=1S/C22H20ClN3O4/c1-12-19-15(21(28)20-16(29-2)5-4-6-17(20)30-3)11-18(27)24-22(19)26(25-12)14-9-7-13(23)8-10-14/h4-10,15H,11H2,1-3H3,(H,24,27)/t15-/m0/s1. The summed E-state index contributed by atoms with van der Waals surface area (Å²) < 4.78 is 12.4. The van der Waals surface area contributed by atoms with Crippen LogP contribution in [0.3, 0.4) is 0 Å². The van der Waals surface area contributed by atoms with Crippen molar-refractivity contribution in [2.24, 2.45) is 0 Å². The molecule has 3 aromatic rings. The smallest absolute Gasteiger partial charge is 0.226 e. The maximum atomic E-state index is 13.6. The third kappa shape index (κ3) is 3.31. The molecule has 4 rings (SSSR count). The number of nitrogens with zero attached hydrogens (tertiary/aromatic N) is 2. The number of fused-ring (bicyclic) bond motifs is 1. The summed E-state index contributed by atoms with van der Waals surface area (Å²) in [6.45, 7) is 1.82. The zero-order valence-electron chi connectivity index (χ0n) is 16.7. The fourth-order valence-electron chi connectivity index (χ4n) is 3.81. The molecular formula is C22H20ClN3O4. The highest BCUT2D eigenvalue weighted by Crippen LogP contribution is 2.41. The van der Waals surface area contributed by atoms with Gasteiger partial charge in [0.15, 0.2) is 5.78 Å². The van der Waals surface area contributed by atoms with Crippen molar-refractivity contribution in [3.63, 3.8) is 0 Å². The van der Waals surface area contributed by atoms with Crippen LogP contribution in [-0.2, 0) is 4.79 Å². The number of hydrogen-bond donors (Lipinski definition) is 1. The van der Waals surface area contributed by atoms with Crippen LogP contribution in [0.2, 0.25) is 5.02 Å². The molecule has 2 aromatic carbocycles. The quantitative estimate of drug-likeness (QED) is 0.620. The topological polar surface area (TPSA) is 82.4 Å². The second-order valence-corrected chi connectivity index (χ2v) is 7.38. The number of carbonyl (C=O) groups is 2. The lowest BCUT2D eigenvalue weighted by atomic mass is 9.85. The molecule has 0 fully saturated rings. The zero-order valence-corrected chi connectivity index (χ0v) is 17.5. The SMILES string of the molecule is COc1cccc(OC)c1C(=O)[C@H]1CC(=O)Nc2c1c(C)nn2-c1ccc(Cl)cc1. The molecule has 1 amide bonds. The minimum absolute atomic E-state index is 0.0141. The third-order valence-electron chi connectivity index (χ3n) is 5.16. The van der Waals surface area contributed by atoms with Crippen molar-refractivity contribution in [2.75, 3.05) is 19.5 Å². The van der Waals surface area contributed by atoms with Crippen LogP contribution in [-0.4, -0.2) is 35.7 Å². The van der Waals surface area contributed by atoms with E-state index in [9.17, 15) is 9.59 Å². The van der Waals surface area contributed by atoms with Crippen LogP contribution in [0.1, 0.15) is 34.0 Å². The van der Waals surface area contributed by atoms with Gasteiger partial charge in [-0.2, -0.15) is 5.10 Å². The van der Waals surface area contributed by atoms with Gasteiger partial charge >= 0.3 is 0 Å². The van der Waals surface area contributed by atoms with E-state index in [0.29, 0.717) is 39.2 Å². The van der Waals surface area contributed by atoms with E-state index in [1.165, 1.54) is 14.2 Å². The van der Waals surface area contributed by atoms with Gasteiger partial charge in [-0.05, 0) is 43.3 Å². The Kier molecular flexibility index (Phi) is 5.22. The van der Waals surface area contributed by atoms with Crippen LogP contribution in [0.4, 0.5) is 5.82 Å². The van der Waals surface area contributed by atoms with E-state index in [0.717, 1.165) is 5.69 Å². The molecule has 1 aromatic heterocycles. The summed E-state index contributed by atoms with van der Waals surface area (Å²) in [5.41, 5.74) is 2.38. The highest BCUT2D eigenvalue weighted by atomic mass is 35.5. The maximum Gasteiger partial charge on any atom is 0.226 e. The first kappa shape index (κ1) is 20.0. The Morgan fingerprint density at radius 3 is 2.37 bits per heavy atom. The molecule has 154 valence electrons. The molecule has 7 nitrogen and oxygen atoms in total. The molecule has 0 radical (unpaired) electrons. The summed E-state index contributed by atoms with van der Waals surface area (Å²) in [6.07, 6.45) is 0.0141. The van der Waals surface area contributed by atoms with Gasteiger partial charge in [0.1, 0.15) is 22.9 Å². The molecular weight excluding hydrogens is 406 g/mol. The van der Waals surface area contributed by atoms with Crippen LogP contribution >= 0.6 is 11.6 Å². The lowest BCUT2D eigenvalue weighted by Crippen LogP contribution is -2.29. The number of methoxy groups -OCH3 is 2. The van der Waals surface area contributed by atoms with Crippen molar-refractivity contribution in [3.05, 3.63) is 64.3 Å². The van der Waals surface area contributed by atoms with Gasteiger partial charge in [0.2, 0.25) is 5.91 Å². The lowest BCUT2D eigenvalue weighted by Gasteiger charge is -2.24. The number of Topliss-reactive ketones (excluding diaryl/α,β-unsaturated/α-hetero) is 1. The largest absolute Gasteiger partial charge is 0.496 e. The van der Waals surface area contributed by atoms with Gasteiger partial charge < -0.3 is 14.8 Å². The van der Waals surface area contributed by atoms with Crippen molar-refractivity contribution < 1.29 is 19.1 Å². The number of ether oxygens (including phenoxy) is 2. The molecule has 1 atom stereocenters. The minimum atomic E-state index is -0.708. The van der Waals surface area contributed by atoms with Gasteiger partial charge in [-0.3, -0.25) is 9.59 Å². The van der Waals surface area contributed by atoms with Gasteiger partial charge in [0.05, 0.1) is 31.5 Å². The summed E-state index contributed by atoms with van der Waals surface area (Å²) in [7, 11) is 2.99. The van der Waals surface area contributed by atoms with Crippen LogP contribution < -0.4 is 14.8 Å².